The Labute approximate surface area is 186 Å². The zero-order chi connectivity index (χ0) is 22.5. The van der Waals surface area contributed by atoms with E-state index in [4.69, 9.17) is 4.74 Å². The van der Waals surface area contributed by atoms with Crippen LogP contribution in [0.5, 0.6) is 11.6 Å². The normalized spacial score (nSPS) is 30.2. The standard InChI is InChI=1S/C24H28FN5O2/c1-23-9-4-10-24(2,29(23)3)22(25)20(14-23)32-21-8-7-18(27-28-21)17-6-5-16(13-19(17)31)30-12-11-26-15-30/h5-8,11-13,15,20,22,31H,4,9-10,14H2,1-3H3/t20-,22-,23-,24+/m0/s1. The second kappa shape index (κ2) is 7.55. The quantitative estimate of drug-likeness (QED) is 0.661. The molecule has 5 rings (SSSR count). The number of aromatic hydroxyl groups is 1. The smallest absolute Gasteiger partial charge is 0.233 e. The molecule has 8 heteroatoms. The van der Waals surface area contributed by atoms with Crippen molar-refractivity contribution in [2.24, 2.45) is 0 Å². The lowest BCUT2D eigenvalue weighted by molar-refractivity contribution is -0.152. The summed E-state index contributed by atoms with van der Waals surface area (Å²) >= 11 is 0. The number of alkyl halides is 1. The highest BCUT2D eigenvalue weighted by Crippen LogP contribution is 2.48. The first-order chi connectivity index (χ1) is 15.3. The van der Waals surface area contributed by atoms with Gasteiger partial charge in [0.05, 0.1) is 23.2 Å². The Morgan fingerprint density at radius 2 is 2.00 bits per heavy atom. The highest BCUT2D eigenvalue weighted by Gasteiger charge is 2.57. The molecule has 3 aromatic rings. The summed E-state index contributed by atoms with van der Waals surface area (Å²) in [5, 5.41) is 18.9. The van der Waals surface area contributed by atoms with Gasteiger partial charge in [-0.25, -0.2) is 9.37 Å². The van der Waals surface area contributed by atoms with Crippen LogP contribution in [0.15, 0.2) is 49.1 Å². The lowest BCUT2D eigenvalue weighted by atomic mass is 9.67. The van der Waals surface area contributed by atoms with E-state index in [-0.39, 0.29) is 11.3 Å². The van der Waals surface area contributed by atoms with E-state index in [9.17, 15) is 5.11 Å². The van der Waals surface area contributed by atoms with Crippen LogP contribution in [0.25, 0.3) is 16.9 Å². The Morgan fingerprint density at radius 1 is 1.16 bits per heavy atom. The molecule has 2 fully saturated rings. The third-order valence-electron chi connectivity index (χ3n) is 7.51. The number of nitrogens with zero attached hydrogens (tertiary/aromatic N) is 5. The van der Waals surface area contributed by atoms with Gasteiger partial charge in [0, 0.05) is 42.0 Å². The van der Waals surface area contributed by atoms with Gasteiger partial charge in [-0.15, -0.1) is 10.2 Å². The zero-order valence-corrected chi connectivity index (χ0v) is 18.6. The maximum Gasteiger partial charge on any atom is 0.233 e. The summed E-state index contributed by atoms with van der Waals surface area (Å²) in [6, 6.07) is 8.73. The first-order valence-electron chi connectivity index (χ1n) is 11.0. The number of rotatable bonds is 4. The van der Waals surface area contributed by atoms with E-state index < -0.39 is 17.8 Å². The van der Waals surface area contributed by atoms with Crippen LogP contribution in [0.1, 0.15) is 39.5 Å². The Hall–Kier alpha value is -3.00. The van der Waals surface area contributed by atoms with E-state index in [1.807, 2.05) is 20.0 Å². The maximum atomic E-state index is 15.5. The fourth-order valence-corrected chi connectivity index (χ4v) is 5.37. The van der Waals surface area contributed by atoms with Gasteiger partial charge >= 0.3 is 0 Å². The number of hydrogen-bond donors (Lipinski definition) is 1. The van der Waals surface area contributed by atoms with Gasteiger partial charge < -0.3 is 14.4 Å². The molecule has 4 heterocycles. The second-order valence-corrected chi connectivity index (χ2v) is 9.46. The van der Waals surface area contributed by atoms with Crippen molar-refractivity contribution in [1.29, 1.82) is 0 Å². The molecule has 0 saturated carbocycles. The fraction of sp³-hybridized carbons (Fsp3) is 0.458. The number of phenols is 1. The Balaban J connectivity index is 1.34. The largest absolute Gasteiger partial charge is 0.507 e. The lowest BCUT2D eigenvalue weighted by Crippen LogP contribution is -2.71. The monoisotopic (exact) mass is 437 g/mol. The summed E-state index contributed by atoms with van der Waals surface area (Å²) in [5.74, 6) is 0.387. The van der Waals surface area contributed by atoms with Crippen LogP contribution >= 0.6 is 0 Å². The van der Waals surface area contributed by atoms with E-state index in [1.165, 1.54) is 0 Å². The van der Waals surface area contributed by atoms with E-state index >= 15 is 4.39 Å². The molecule has 2 aliphatic heterocycles. The maximum absolute atomic E-state index is 15.5. The van der Waals surface area contributed by atoms with Crippen LogP contribution in [-0.4, -0.2) is 60.2 Å². The predicted molar refractivity (Wildman–Crippen MR) is 119 cm³/mol. The van der Waals surface area contributed by atoms with Gasteiger partial charge in [-0.1, -0.05) is 0 Å². The molecule has 1 N–H and O–H groups in total. The lowest BCUT2D eigenvalue weighted by Gasteiger charge is -2.60. The SMILES string of the molecule is CN1[C@@]2(C)CCC[C@]1(C)[C@@H](F)[C@@H](Oc1ccc(-c3ccc(-n4ccnc4)cc3O)nn1)C2. The molecule has 2 aliphatic rings. The Morgan fingerprint density at radius 3 is 2.69 bits per heavy atom. The molecule has 2 saturated heterocycles. The van der Waals surface area contributed by atoms with Crippen LogP contribution in [-0.2, 0) is 0 Å². The van der Waals surface area contributed by atoms with Crippen molar-refractivity contribution >= 4 is 0 Å². The minimum atomic E-state index is -1.11. The molecule has 4 atom stereocenters. The third-order valence-corrected chi connectivity index (χ3v) is 7.51. The van der Waals surface area contributed by atoms with Crippen molar-refractivity contribution in [2.45, 2.75) is 62.9 Å². The molecular formula is C24H28FN5O2. The van der Waals surface area contributed by atoms with Crippen LogP contribution in [0, 0.1) is 0 Å². The number of benzene rings is 1. The van der Waals surface area contributed by atoms with Crippen LogP contribution in [0.4, 0.5) is 4.39 Å². The van der Waals surface area contributed by atoms with Crippen molar-refractivity contribution in [3.63, 3.8) is 0 Å². The molecule has 32 heavy (non-hydrogen) atoms. The molecule has 0 spiro atoms. The van der Waals surface area contributed by atoms with Gasteiger partial charge in [0.2, 0.25) is 5.88 Å². The first-order valence-corrected chi connectivity index (χ1v) is 11.0. The summed E-state index contributed by atoms with van der Waals surface area (Å²) in [7, 11) is 2.03. The molecule has 0 amide bonds. The molecule has 2 bridgehead atoms. The average molecular weight is 438 g/mol. The Kier molecular flexibility index (Phi) is 4.93. The van der Waals surface area contributed by atoms with Gasteiger partial charge in [-0.05, 0) is 58.4 Å². The van der Waals surface area contributed by atoms with Gasteiger partial charge in [0.25, 0.3) is 0 Å². The third kappa shape index (κ3) is 3.33. The molecule has 0 radical (unpaired) electrons. The van der Waals surface area contributed by atoms with E-state index in [0.29, 0.717) is 23.6 Å². The topological polar surface area (TPSA) is 76.3 Å². The van der Waals surface area contributed by atoms with E-state index in [1.54, 1.807) is 47.6 Å². The van der Waals surface area contributed by atoms with Crippen molar-refractivity contribution in [2.75, 3.05) is 7.05 Å². The number of imidazole rings is 1. The van der Waals surface area contributed by atoms with E-state index in [2.05, 4.69) is 27.0 Å². The van der Waals surface area contributed by atoms with Gasteiger partial charge in [-0.3, -0.25) is 4.90 Å². The summed E-state index contributed by atoms with van der Waals surface area (Å²) < 4.78 is 23.3. The van der Waals surface area contributed by atoms with Crippen LogP contribution < -0.4 is 4.74 Å². The van der Waals surface area contributed by atoms with Crippen molar-refractivity contribution < 1.29 is 14.2 Å². The predicted octanol–water partition coefficient (Wildman–Crippen LogP) is 4.16. The molecule has 0 aliphatic carbocycles. The fourth-order valence-electron chi connectivity index (χ4n) is 5.37. The first kappa shape index (κ1) is 20.9. The van der Waals surface area contributed by atoms with Crippen LogP contribution in [0.2, 0.25) is 0 Å². The number of piperidine rings is 2. The molecule has 0 unspecified atom stereocenters. The Bertz CT molecular complexity index is 1110. The number of aromatic nitrogens is 4. The average Bonchev–Trinajstić information content (AvgIpc) is 3.31. The second-order valence-electron chi connectivity index (χ2n) is 9.46. The molecule has 7 nitrogen and oxygen atoms in total. The van der Waals surface area contributed by atoms with Gasteiger partial charge in [-0.2, -0.15) is 0 Å². The summed E-state index contributed by atoms with van der Waals surface area (Å²) in [4.78, 5) is 6.23. The highest BCUT2D eigenvalue weighted by atomic mass is 19.1. The van der Waals surface area contributed by atoms with E-state index in [0.717, 1.165) is 24.9 Å². The number of hydrogen-bond acceptors (Lipinski definition) is 6. The van der Waals surface area contributed by atoms with Crippen molar-refractivity contribution in [3.8, 4) is 28.6 Å². The molecule has 2 aromatic heterocycles. The minimum absolute atomic E-state index is 0.0869. The molecule has 168 valence electrons. The highest BCUT2D eigenvalue weighted by molar-refractivity contribution is 5.68. The zero-order valence-electron chi connectivity index (χ0n) is 18.6. The number of halogens is 1. The molecule has 1 aromatic carbocycles. The van der Waals surface area contributed by atoms with Crippen molar-refractivity contribution in [3.05, 3.63) is 49.1 Å². The summed E-state index contributed by atoms with van der Waals surface area (Å²) in [6.45, 7) is 4.19. The molecular weight excluding hydrogens is 409 g/mol. The number of fused-ring (bicyclic) bond motifs is 2. The van der Waals surface area contributed by atoms with Gasteiger partial charge in [0.1, 0.15) is 11.9 Å². The van der Waals surface area contributed by atoms with Crippen LogP contribution in [0.3, 0.4) is 0 Å². The summed E-state index contributed by atoms with van der Waals surface area (Å²) in [5.41, 5.74) is 1.25. The summed E-state index contributed by atoms with van der Waals surface area (Å²) in [6.07, 6.45) is 6.96. The number of phenolic OH excluding ortho intramolecular Hbond substituents is 1. The minimum Gasteiger partial charge on any atom is -0.507 e. The van der Waals surface area contributed by atoms with Gasteiger partial charge in [0.15, 0.2) is 6.17 Å². The number of ether oxygens (including phenoxy) is 1. The van der Waals surface area contributed by atoms with Crippen molar-refractivity contribution in [1.82, 2.24) is 24.6 Å².